The molecule has 0 saturated carbocycles. The second-order valence-corrected chi connectivity index (χ2v) is 4.70. The molecule has 0 spiro atoms. The van der Waals surface area contributed by atoms with Gasteiger partial charge in [0.05, 0.1) is 6.54 Å². The van der Waals surface area contributed by atoms with E-state index in [1.54, 1.807) is 22.9 Å². The molecule has 3 rings (SSSR count). The number of benzene rings is 2. The number of hydrogen-bond acceptors (Lipinski definition) is 1. The maximum absolute atomic E-state index is 13.7. The zero-order chi connectivity index (χ0) is 15.0. The highest BCUT2D eigenvalue weighted by Gasteiger charge is 2.14. The minimum Gasteiger partial charge on any atom is -0.343 e. The maximum atomic E-state index is 13.7. The summed E-state index contributed by atoms with van der Waals surface area (Å²) < 4.78 is 41.7. The van der Waals surface area contributed by atoms with Crippen LogP contribution in [0, 0.1) is 22.9 Å². The Kier molecular flexibility index (Phi) is 3.25. The summed E-state index contributed by atoms with van der Waals surface area (Å²) in [6.07, 6.45) is 2.98. The van der Waals surface area contributed by atoms with Crippen LogP contribution < -0.4 is 0 Å². The van der Waals surface area contributed by atoms with Gasteiger partial charge >= 0.3 is 0 Å². The van der Waals surface area contributed by atoms with Crippen molar-refractivity contribution in [3.05, 3.63) is 71.2 Å². The van der Waals surface area contributed by atoms with Gasteiger partial charge in [0.2, 0.25) is 0 Å². The zero-order valence-electron chi connectivity index (χ0n) is 10.9. The van der Waals surface area contributed by atoms with Gasteiger partial charge in [-0.15, -0.1) is 0 Å². The van der Waals surface area contributed by atoms with Crippen LogP contribution in [0.15, 0.2) is 42.6 Å². The third-order valence-corrected chi connectivity index (χ3v) is 3.46. The summed E-state index contributed by atoms with van der Waals surface area (Å²) in [5, 5.41) is 8.21. The molecule has 21 heavy (non-hydrogen) atoms. The highest BCUT2D eigenvalue weighted by atomic mass is 19.2. The first-order valence-corrected chi connectivity index (χ1v) is 6.32. The summed E-state index contributed by atoms with van der Waals surface area (Å²) in [6.45, 7) is 0.0913. The van der Waals surface area contributed by atoms with Gasteiger partial charge in [0, 0.05) is 34.4 Å². The minimum atomic E-state index is -1.45. The third-order valence-electron chi connectivity index (χ3n) is 3.46. The molecule has 1 N–H and O–H groups in total. The fourth-order valence-corrected chi connectivity index (χ4v) is 2.38. The smallest absolute Gasteiger partial charge is 0.194 e. The number of nitrogens with one attached hydrogen (secondary N) is 1. The predicted octanol–water partition coefficient (Wildman–Crippen LogP) is 4.10. The van der Waals surface area contributed by atoms with Crippen LogP contribution in [0.2, 0.25) is 0 Å². The minimum absolute atomic E-state index is 0.0756. The molecule has 1 heterocycles. The molecule has 0 unspecified atom stereocenters. The van der Waals surface area contributed by atoms with Gasteiger partial charge in [-0.1, -0.05) is 18.2 Å². The van der Waals surface area contributed by atoms with Crippen molar-refractivity contribution in [2.45, 2.75) is 6.54 Å². The normalized spacial score (nSPS) is 11.0. The molecule has 0 aliphatic heterocycles. The standard InChI is InChI=1S/C16H11F3N2/c17-13-5-4-11(15(18)16(13)19)9-21-7-6-12-10(8-20)2-1-3-14(12)21/h1-8,20H,9H2. The molecular weight excluding hydrogens is 277 g/mol. The molecule has 3 aromatic rings. The maximum Gasteiger partial charge on any atom is 0.194 e. The fraction of sp³-hybridized carbons (Fsp3) is 0.0625. The van der Waals surface area contributed by atoms with Crippen LogP contribution in [0.5, 0.6) is 0 Å². The SMILES string of the molecule is N=Cc1cccc2c1ccn2Cc1ccc(F)c(F)c1F. The van der Waals surface area contributed by atoms with Crippen LogP contribution in [0.1, 0.15) is 11.1 Å². The summed E-state index contributed by atoms with van der Waals surface area (Å²) in [7, 11) is 0. The van der Waals surface area contributed by atoms with E-state index < -0.39 is 17.5 Å². The van der Waals surface area contributed by atoms with Gasteiger partial charge in [0.1, 0.15) is 0 Å². The Morgan fingerprint density at radius 2 is 1.81 bits per heavy atom. The van der Waals surface area contributed by atoms with E-state index in [4.69, 9.17) is 5.41 Å². The van der Waals surface area contributed by atoms with Crippen LogP contribution in [0.25, 0.3) is 10.9 Å². The molecule has 106 valence electrons. The number of nitrogens with zero attached hydrogens (tertiary/aromatic N) is 1. The lowest BCUT2D eigenvalue weighted by molar-refractivity contribution is 0.439. The largest absolute Gasteiger partial charge is 0.343 e. The van der Waals surface area contributed by atoms with Crippen LogP contribution >= 0.6 is 0 Å². The van der Waals surface area contributed by atoms with E-state index in [-0.39, 0.29) is 12.1 Å². The summed E-state index contributed by atoms with van der Waals surface area (Å²) in [4.78, 5) is 0. The Morgan fingerprint density at radius 3 is 2.57 bits per heavy atom. The van der Waals surface area contributed by atoms with Gasteiger partial charge < -0.3 is 9.98 Å². The van der Waals surface area contributed by atoms with E-state index in [1.165, 1.54) is 12.3 Å². The van der Waals surface area contributed by atoms with Crippen LogP contribution in [-0.2, 0) is 6.54 Å². The molecular formula is C16H11F3N2. The monoisotopic (exact) mass is 288 g/mol. The third kappa shape index (κ3) is 2.20. The molecule has 0 atom stereocenters. The van der Waals surface area contributed by atoms with Gasteiger partial charge in [0.15, 0.2) is 17.5 Å². The Hall–Kier alpha value is -2.56. The summed E-state index contributed by atoms with van der Waals surface area (Å²) in [6, 6.07) is 9.40. The van der Waals surface area contributed by atoms with Gasteiger partial charge in [-0.3, -0.25) is 0 Å². The van der Waals surface area contributed by atoms with Gasteiger partial charge in [0.25, 0.3) is 0 Å². The summed E-state index contributed by atoms with van der Waals surface area (Å²) >= 11 is 0. The quantitative estimate of drug-likeness (QED) is 0.555. The van der Waals surface area contributed by atoms with Crippen molar-refractivity contribution in [3.63, 3.8) is 0 Å². The average Bonchev–Trinajstić information content (AvgIpc) is 2.91. The van der Waals surface area contributed by atoms with Crippen molar-refractivity contribution >= 4 is 17.1 Å². The molecule has 5 heteroatoms. The van der Waals surface area contributed by atoms with E-state index in [2.05, 4.69) is 0 Å². The predicted molar refractivity (Wildman–Crippen MR) is 75.2 cm³/mol. The van der Waals surface area contributed by atoms with Crippen molar-refractivity contribution in [2.24, 2.45) is 0 Å². The van der Waals surface area contributed by atoms with Crippen molar-refractivity contribution in [3.8, 4) is 0 Å². The second kappa shape index (κ2) is 5.09. The van der Waals surface area contributed by atoms with E-state index in [1.807, 2.05) is 12.1 Å². The average molecular weight is 288 g/mol. The molecule has 0 aliphatic carbocycles. The molecule has 0 amide bonds. The van der Waals surface area contributed by atoms with Gasteiger partial charge in [-0.05, 0) is 18.2 Å². The molecule has 0 saturated heterocycles. The summed E-state index contributed by atoms with van der Waals surface area (Å²) in [5.74, 6) is -3.82. The zero-order valence-corrected chi connectivity index (χ0v) is 10.9. The van der Waals surface area contributed by atoms with Crippen molar-refractivity contribution in [1.29, 1.82) is 5.41 Å². The fourth-order valence-electron chi connectivity index (χ4n) is 2.38. The lowest BCUT2D eigenvalue weighted by Crippen LogP contribution is -2.03. The highest BCUT2D eigenvalue weighted by molar-refractivity contribution is 5.97. The Labute approximate surface area is 119 Å². The lowest BCUT2D eigenvalue weighted by atomic mass is 10.1. The Bertz CT molecular complexity index is 837. The van der Waals surface area contributed by atoms with Gasteiger partial charge in [-0.25, -0.2) is 13.2 Å². The van der Waals surface area contributed by atoms with Crippen LogP contribution in [-0.4, -0.2) is 10.8 Å². The number of hydrogen-bond donors (Lipinski definition) is 1. The van der Waals surface area contributed by atoms with E-state index in [0.717, 1.165) is 22.5 Å². The first-order valence-electron chi connectivity index (χ1n) is 6.32. The number of aromatic nitrogens is 1. The van der Waals surface area contributed by atoms with Crippen molar-refractivity contribution in [1.82, 2.24) is 4.57 Å². The molecule has 0 radical (unpaired) electrons. The summed E-state index contributed by atoms with van der Waals surface area (Å²) in [5.41, 5.74) is 1.63. The van der Waals surface area contributed by atoms with Gasteiger partial charge in [-0.2, -0.15) is 0 Å². The number of halogens is 3. The number of rotatable bonds is 3. The van der Waals surface area contributed by atoms with Crippen LogP contribution in [0.4, 0.5) is 13.2 Å². The first-order chi connectivity index (χ1) is 10.1. The highest BCUT2D eigenvalue weighted by Crippen LogP contribution is 2.22. The molecule has 1 aromatic heterocycles. The van der Waals surface area contributed by atoms with Crippen molar-refractivity contribution < 1.29 is 13.2 Å². The van der Waals surface area contributed by atoms with Crippen LogP contribution in [0.3, 0.4) is 0 Å². The molecule has 0 aliphatic rings. The Balaban J connectivity index is 2.07. The first kappa shape index (κ1) is 13.4. The number of fused-ring (bicyclic) bond motifs is 1. The lowest BCUT2D eigenvalue weighted by Gasteiger charge is -2.08. The molecule has 0 bridgehead atoms. The van der Waals surface area contributed by atoms with Crippen molar-refractivity contribution in [2.75, 3.05) is 0 Å². The van der Waals surface area contributed by atoms with E-state index in [0.29, 0.717) is 0 Å². The van der Waals surface area contributed by atoms with E-state index in [9.17, 15) is 13.2 Å². The van der Waals surface area contributed by atoms with E-state index >= 15 is 0 Å². The second-order valence-electron chi connectivity index (χ2n) is 4.70. The topological polar surface area (TPSA) is 28.8 Å². The molecule has 2 nitrogen and oxygen atoms in total. The molecule has 0 fully saturated rings. The molecule has 2 aromatic carbocycles. The Morgan fingerprint density at radius 1 is 1.00 bits per heavy atom.